The summed E-state index contributed by atoms with van der Waals surface area (Å²) in [6, 6.07) is 1.38. The molecule has 0 atom stereocenters. The molecule has 1 aromatic heterocycles. The van der Waals surface area contributed by atoms with Gasteiger partial charge in [0, 0.05) is 47.6 Å². The number of aromatic nitrogens is 2. The van der Waals surface area contributed by atoms with Crippen molar-refractivity contribution in [3.8, 4) is 0 Å². The minimum absolute atomic E-state index is 0.358. The molecule has 0 aromatic carbocycles. The van der Waals surface area contributed by atoms with Gasteiger partial charge in [0.05, 0.1) is 5.69 Å². The molecule has 0 amide bonds. The van der Waals surface area contributed by atoms with Crippen molar-refractivity contribution in [2.75, 3.05) is 27.9 Å². The second-order valence-electron chi connectivity index (χ2n) is 4.76. The first-order valence-electron chi connectivity index (χ1n) is 6.92. The minimum atomic E-state index is -0.731. The molecule has 0 N–H and O–H groups in total. The van der Waals surface area contributed by atoms with Crippen molar-refractivity contribution in [3.05, 3.63) is 32.6 Å². The molecule has 0 unspecified atom stereocenters. The van der Waals surface area contributed by atoms with Crippen molar-refractivity contribution in [1.82, 2.24) is 9.13 Å². The zero-order valence-corrected chi connectivity index (χ0v) is 13.1. The van der Waals surface area contributed by atoms with Gasteiger partial charge in [-0.05, 0) is 19.3 Å². The molecule has 0 radical (unpaired) electrons. The van der Waals surface area contributed by atoms with E-state index in [0.717, 1.165) is 23.8 Å². The van der Waals surface area contributed by atoms with E-state index in [1.54, 1.807) is 7.11 Å². The van der Waals surface area contributed by atoms with Gasteiger partial charge < -0.3 is 14.2 Å². The predicted molar refractivity (Wildman–Crippen MR) is 78.4 cm³/mol. The first kappa shape index (κ1) is 17.6. The second kappa shape index (κ2) is 8.76. The first-order chi connectivity index (χ1) is 10.1. The van der Waals surface area contributed by atoms with Gasteiger partial charge in [-0.3, -0.25) is 13.9 Å². The normalized spacial score (nSPS) is 11.3. The molecule has 7 heteroatoms. The Kier molecular flexibility index (Phi) is 7.35. The molecule has 0 aliphatic rings. The van der Waals surface area contributed by atoms with Gasteiger partial charge >= 0.3 is 5.69 Å². The van der Waals surface area contributed by atoms with E-state index in [0.29, 0.717) is 18.8 Å². The number of hydrogen-bond acceptors (Lipinski definition) is 5. The van der Waals surface area contributed by atoms with Crippen LogP contribution < -0.4 is 11.2 Å². The lowest BCUT2D eigenvalue weighted by Gasteiger charge is -2.19. The maximum absolute atomic E-state index is 12.3. The third-order valence-electron chi connectivity index (χ3n) is 3.33. The van der Waals surface area contributed by atoms with E-state index >= 15 is 0 Å². The quantitative estimate of drug-likeness (QED) is 0.495. The van der Waals surface area contributed by atoms with Crippen LogP contribution in [0.15, 0.2) is 15.7 Å². The minimum Gasteiger partial charge on any atom is -0.385 e. The van der Waals surface area contributed by atoms with Crippen LogP contribution in [-0.4, -0.2) is 37.1 Å². The van der Waals surface area contributed by atoms with Gasteiger partial charge in [0.15, 0.2) is 6.29 Å². The molecule has 21 heavy (non-hydrogen) atoms. The van der Waals surface area contributed by atoms with Crippen molar-refractivity contribution in [1.29, 1.82) is 0 Å². The van der Waals surface area contributed by atoms with Gasteiger partial charge in [0.25, 0.3) is 5.56 Å². The number of hydrogen-bond donors (Lipinski definition) is 0. The fraction of sp³-hybridized carbons (Fsp3) is 0.714. The lowest BCUT2D eigenvalue weighted by atomic mass is 10.2. The van der Waals surface area contributed by atoms with Crippen molar-refractivity contribution in [3.63, 3.8) is 0 Å². The first-order valence-corrected chi connectivity index (χ1v) is 6.92. The highest BCUT2D eigenvalue weighted by Gasteiger charge is 2.17. The zero-order valence-electron chi connectivity index (χ0n) is 13.1. The zero-order chi connectivity index (χ0) is 15.8. The molecule has 120 valence electrons. The monoisotopic (exact) mass is 300 g/mol. The maximum Gasteiger partial charge on any atom is 0.331 e. The second-order valence-corrected chi connectivity index (χ2v) is 4.76. The third-order valence-corrected chi connectivity index (χ3v) is 3.33. The highest BCUT2D eigenvalue weighted by Crippen LogP contribution is 2.15. The number of nitrogens with zero attached hydrogens (tertiary/aromatic N) is 2. The Balaban J connectivity index is 3.01. The van der Waals surface area contributed by atoms with Crippen molar-refractivity contribution in [2.45, 2.75) is 32.1 Å². The maximum atomic E-state index is 12.3. The average molecular weight is 300 g/mol. The van der Waals surface area contributed by atoms with E-state index in [1.807, 2.05) is 0 Å². The molecule has 0 spiro atoms. The Morgan fingerprint density at radius 3 is 2.33 bits per heavy atom. The predicted octanol–water partition coefficient (Wildman–Crippen LogP) is 0.655. The standard InChI is InChI=1S/C14H24N2O5/c1-15-12(17)10-11(13(20-3)21-4)16(14(15)18)8-6-5-7-9-19-2/h10,13H,5-9H2,1-4H3. The molecule has 0 fully saturated rings. The summed E-state index contributed by atoms with van der Waals surface area (Å²) in [6.07, 6.45) is 1.96. The highest BCUT2D eigenvalue weighted by molar-refractivity contribution is 5.04. The molecule has 0 aliphatic carbocycles. The largest absolute Gasteiger partial charge is 0.385 e. The molecule has 0 aliphatic heterocycles. The lowest BCUT2D eigenvalue weighted by molar-refractivity contribution is -0.111. The fourth-order valence-corrected chi connectivity index (χ4v) is 2.14. The number of methoxy groups -OCH3 is 3. The SMILES string of the molecule is COCCCCCn1c(C(OC)OC)cc(=O)n(C)c1=O. The molecular formula is C14H24N2O5. The van der Waals surface area contributed by atoms with Crippen LogP contribution >= 0.6 is 0 Å². The highest BCUT2D eigenvalue weighted by atomic mass is 16.7. The van der Waals surface area contributed by atoms with Gasteiger partial charge in [-0.25, -0.2) is 4.79 Å². The van der Waals surface area contributed by atoms with Crippen molar-refractivity contribution < 1.29 is 14.2 Å². The Labute approximate surface area is 124 Å². The van der Waals surface area contributed by atoms with E-state index < -0.39 is 6.29 Å². The van der Waals surface area contributed by atoms with Crippen LogP contribution in [0.25, 0.3) is 0 Å². The summed E-state index contributed by atoms with van der Waals surface area (Å²) in [5.41, 5.74) is -0.284. The van der Waals surface area contributed by atoms with Crippen molar-refractivity contribution in [2.24, 2.45) is 7.05 Å². The average Bonchev–Trinajstić information content (AvgIpc) is 2.48. The molecular weight excluding hydrogens is 276 g/mol. The Hall–Kier alpha value is -1.44. The van der Waals surface area contributed by atoms with E-state index in [2.05, 4.69) is 0 Å². The smallest absolute Gasteiger partial charge is 0.331 e. The summed E-state index contributed by atoms with van der Waals surface area (Å²) < 4.78 is 18.0. The van der Waals surface area contributed by atoms with Crippen LogP contribution in [0.2, 0.25) is 0 Å². The van der Waals surface area contributed by atoms with E-state index in [4.69, 9.17) is 14.2 Å². The van der Waals surface area contributed by atoms with E-state index in [1.165, 1.54) is 31.9 Å². The summed E-state index contributed by atoms with van der Waals surface area (Å²) in [4.78, 5) is 24.0. The molecule has 1 aromatic rings. The van der Waals surface area contributed by atoms with Gasteiger partial charge in [0.1, 0.15) is 0 Å². The molecule has 1 rings (SSSR count). The summed E-state index contributed by atoms with van der Waals surface area (Å²) in [5, 5.41) is 0. The van der Waals surface area contributed by atoms with E-state index in [9.17, 15) is 9.59 Å². The Morgan fingerprint density at radius 2 is 1.76 bits per heavy atom. The fourth-order valence-electron chi connectivity index (χ4n) is 2.14. The van der Waals surface area contributed by atoms with Gasteiger partial charge in [-0.2, -0.15) is 0 Å². The van der Waals surface area contributed by atoms with Gasteiger partial charge in [0.2, 0.25) is 0 Å². The molecule has 0 saturated carbocycles. The summed E-state index contributed by atoms with van der Waals surface area (Å²) in [6.45, 7) is 1.21. The topological polar surface area (TPSA) is 71.7 Å². The van der Waals surface area contributed by atoms with Crippen LogP contribution in [0.5, 0.6) is 0 Å². The Bertz CT molecular complexity index is 545. The van der Waals surface area contributed by atoms with Crippen LogP contribution in [0.3, 0.4) is 0 Å². The van der Waals surface area contributed by atoms with Gasteiger partial charge in [-0.15, -0.1) is 0 Å². The van der Waals surface area contributed by atoms with Crippen molar-refractivity contribution >= 4 is 0 Å². The molecule has 1 heterocycles. The van der Waals surface area contributed by atoms with Crippen LogP contribution in [0.4, 0.5) is 0 Å². The Morgan fingerprint density at radius 1 is 1.10 bits per heavy atom. The van der Waals surface area contributed by atoms with Crippen LogP contribution in [0.1, 0.15) is 31.2 Å². The third kappa shape index (κ3) is 4.52. The number of rotatable bonds is 9. The lowest BCUT2D eigenvalue weighted by Crippen LogP contribution is -2.40. The molecule has 7 nitrogen and oxygen atoms in total. The number of ether oxygens (including phenoxy) is 3. The number of unbranched alkanes of at least 4 members (excludes halogenated alkanes) is 2. The van der Waals surface area contributed by atoms with Crippen LogP contribution in [-0.2, 0) is 27.8 Å². The summed E-state index contributed by atoms with van der Waals surface area (Å²) >= 11 is 0. The molecule has 0 bridgehead atoms. The van der Waals surface area contributed by atoms with E-state index in [-0.39, 0.29) is 11.2 Å². The summed E-state index contributed by atoms with van der Waals surface area (Å²) in [7, 11) is 6.07. The molecule has 0 saturated heterocycles. The van der Waals surface area contributed by atoms with Gasteiger partial charge in [-0.1, -0.05) is 0 Å². The summed E-state index contributed by atoms with van der Waals surface area (Å²) in [5.74, 6) is 0. The van der Waals surface area contributed by atoms with Crippen LogP contribution in [0, 0.1) is 0 Å².